The molecule has 2 aromatic rings. The maximum absolute atomic E-state index is 13.3. The Bertz CT molecular complexity index is 1150. The zero-order chi connectivity index (χ0) is 28.0. The van der Waals surface area contributed by atoms with Crippen LogP contribution in [0, 0.1) is 10.1 Å². The average molecular weight is 552 g/mol. The number of alkyl halides is 3. The lowest BCUT2D eigenvalue weighted by molar-refractivity contribution is -0.388. The summed E-state index contributed by atoms with van der Waals surface area (Å²) in [4.78, 5) is 30.2. The van der Waals surface area contributed by atoms with E-state index >= 15 is 0 Å². The molecule has 4 rings (SSSR count). The van der Waals surface area contributed by atoms with Gasteiger partial charge in [-0.3, -0.25) is 15.1 Å². The number of nitrogens with zero attached hydrogens (tertiary/aromatic N) is 4. The van der Waals surface area contributed by atoms with Crippen LogP contribution in [0.3, 0.4) is 0 Å². The lowest BCUT2D eigenvalue weighted by atomic mass is 9.92. The molecule has 0 radical (unpaired) electrons. The van der Waals surface area contributed by atoms with Crippen LogP contribution in [0.4, 0.5) is 35.0 Å². The van der Waals surface area contributed by atoms with Gasteiger partial charge in [0.25, 0.3) is 5.69 Å². The van der Waals surface area contributed by atoms with E-state index in [1.807, 2.05) is 13.0 Å². The van der Waals surface area contributed by atoms with E-state index in [2.05, 4.69) is 15.2 Å². The molecule has 0 bridgehead atoms. The molecule has 1 aliphatic carbocycles. The van der Waals surface area contributed by atoms with E-state index in [4.69, 9.17) is 9.47 Å². The van der Waals surface area contributed by atoms with E-state index in [0.717, 1.165) is 24.2 Å². The standard InChI is InChI=1S/C26H32F3N5O5/c1-2-13-38-25(35)33-11-9-32(10-12-33)20-15-22(17-30-16-20)39-21-6-3-18(4-7-21)31-19-5-8-24(34(36)37)23(14-19)26(27,28)29/h5,8,14-18,21,31H,2-4,6-7,9-13H2,1H3. The summed E-state index contributed by atoms with van der Waals surface area (Å²) < 4.78 is 51.2. The van der Waals surface area contributed by atoms with Crippen molar-refractivity contribution in [1.29, 1.82) is 0 Å². The van der Waals surface area contributed by atoms with Crippen LogP contribution in [-0.2, 0) is 10.9 Å². The number of amides is 1. The number of rotatable bonds is 8. The number of hydrogen-bond acceptors (Lipinski definition) is 8. The highest BCUT2D eigenvalue weighted by Crippen LogP contribution is 2.38. The van der Waals surface area contributed by atoms with Crippen LogP contribution in [0.25, 0.3) is 0 Å². The van der Waals surface area contributed by atoms with E-state index < -0.39 is 22.4 Å². The second-order valence-corrected chi connectivity index (χ2v) is 9.69. The van der Waals surface area contributed by atoms with Gasteiger partial charge in [0, 0.05) is 50.0 Å². The zero-order valence-electron chi connectivity index (χ0n) is 21.7. The Morgan fingerprint density at radius 1 is 1.13 bits per heavy atom. The molecule has 1 amide bonds. The Morgan fingerprint density at radius 2 is 1.85 bits per heavy atom. The number of halogens is 3. The van der Waals surface area contributed by atoms with Crippen LogP contribution < -0.4 is 15.0 Å². The molecular weight excluding hydrogens is 519 g/mol. The molecule has 212 valence electrons. The fourth-order valence-corrected chi connectivity index (χ4v) is 4.84. The topological polar surface area (TPSA) is 110 Å². The third kappa shape index (κ3) is 7.42. The first kappa shape index (κ1) is 28.2. The van der Waals surface area contributed by atoms with E-state index in [1.54, 1.807) is 17.3 Å². The van der Waals surface area contributed by atoms with Crippen LogP contribution >= 0.6 is 0 Å². The van der Waals surface area contributed by atoms with Crippen molar-refractivity contribution in [1.82, 2.24) is 9.88 Å². The van der Waals surface area contributed by atoms with Crippen molar-refractivity contribution in [2.24, 2.45) is 0 Å². The summed E-state index contributed by atoms with van der Waals surface area (Å²) in [6.07, 6.45) is 1.77. The Hall–Kier alpha value is -3.77. The van der Waals surface area contributed by atoms with Gasteiger partial charge in [-0.25, -0.2) is 4.79 Å². The molecule has 13 heteroatoms. The Kier molecular flexibility index (Phi) is 8.97. The molecule has 0 atom stereocenters. The van der Waals surface area contributed by atoms with Gasteiger partial charge in [0.1, 0.15) is 11.3 Å². The Labute approximate surface area is 224 Å². The number of aromatic nitrogens is 1. The van der Waals surface area contributed by atoms with Crippen LogP contribution in [0.5, 0.6) is 5.75 Å². The molecule has 0 unspecified atom stereocenters. The summed E-state index contributed by atoms with van der Waals surface area (Å²) in [6.45, 7) is 4.79. The first-order valence-corrected chi connectivity index (χ1v) is 13.0. The van der Waals surface area contributed by atoms with Crippen LogP contribution in [0.15, 0.2) is 36.7 Å². The molecule has 39 heavy (non-hydrogen) atoms. The van der Waals surface area contributed by atoms with Gasteiger partial charge in [0.05, 0.1) is 35.7 Å². The lowest BCUT2D eigenvalue weighted by Gasteiger charge is -2.35. The normalized spacial score (nSPS) is 19.9. The number of nitro groups is 1. The molecule has 1 aromatic carbocycles. The molecule has 1 aliphatic heterocycles. The minimum atomic E-state index is -4.82. The predicted molar refractivity (Wildman–Crippen MR) is 138 cm³/mol. The maximum Gasteiger partial charge on any atom is 0.423 e. The number of anilines is 2. The number of pyridine rings is 1. The summed E-state index contributed by atoms with van der Waals surface area (Å²) in [5, 5.41) is 14.1. The van der Waals surface area contributed by atoms with Crippen LogP contribution in [0.2, 0.25) is 0 Å². The minimum Gasteiger partial charge on any atom is -0.489 e. The SMILES string of the molecule is CCCOC(=O)N1CCN(c2cncc(OC3CCC(Nc4ccc([N+](=O)[O-])c(C(F)(F)F)c4)CC3)c2)CC1. The monoisotopic (exact) mass is 551 g/mol. The van der Waals surface area contributed by atoms with Gasteiger partial charge in [-0.05, 0) is 44.2 Å². The van der Waals surface area contributed by atoms with Crippen molar-refractivity contribution < 1.29 is 32.4 Å². The van der Waals surface area contributed by atoms with Gasteiger partial charge in [-0.1, -0.05) is 6.92 Å². The zero-order valence-corrected chi connectivity index (χ0v) is 21.7. The Balaban J connectivity index is 1.27. The smallest absolute Gasteiger partial charge is 0.423 e. The van der Waals surface area contributed by atoms with E-state index in [-0.39, 0.29) is 23.9 Å². The third-order valence-electron chi connectivity index (χ3n) is 6.88. The molecule has 2 fully saturated rings. The highest BCUT2D eigenvalue weighted by molar-refractivity contribution is 5.68. The fraction of sp³-hybridized carbons (Fsp3) is 0.538. The molecule has 1 saturated carbocycles. The summed E-state index contributed by atoms with van der Waals surface area (Å²) in [7, 11) is 0. The highest BCUT2D eigenvalue weighted by Gasteiger charge is 2.38. The van der Waals surface area contributed by atoms with E-state index in [0.29, 0.717) is 64.2 Å². The molecular formula is C26H32F3N5O5. The fourth-order valence-electron chi connectivity index (χ4n) is 4.84. The van der Waals surface area contributed by atoms with Crippen molar-refractivity contribution in [2.75, 3.05) is 43.0 Å². The number of carbonyl (C=O) groups excluding carboxylic acids is 1. The summed E-state index contributed by atoms with van der Waals surface area (Å²) >= 11 is 0. The summed E-state index contributed by atoms with van der Waals surface area (Å²) in [5.74, 6) is 0.638. The largest absolute Gasteiger partial charge is 0.489 e. The van der Waals surface area contributed by atoms with Gasteiger partial charge in [0.15, 0.2) is 0 Å². The first-order valence-electron chi connectivity index (χ1n) is 13.0. The third-order valence-corrected chi connectivity index (χ3v) is 6.88. The molecule has 1 aromatic heterocycles. The van der Waals surface area contributed by atoms with Gasteiger partial charge < -0.3 is 24.6 Å². The minimum absolute atomic E-state index is 0.0621. The van der Waals surface area contributed by atoms with Gasteiger partial charge in [0.2, 0.25) is 0 Å². The van der Waals surface area contributed by atoms with Crippen molar-refractivity contribution in [3.05, 3.63) is 52.3 Å². The molecule has 2 aliphatic rings. The van der Waals surface area contributed by atoms with Gasteiger partial charge in [-0.2, -0.15) is 13.2 Å². The number of nitro benzene ring substituents is 1. The number of hydrogen-bond donors (Lipinski definition) is 1. The van der Waals surface area contributed by atoms with Crippen molar-refractivity contribution >= 4 is 23.2 Å². The summed E-state index contributed by atoms with van der Waals surface area (Å²) in [6, 6.07) is 4.85. The number of benzene rings is 1. The number of nitrogens with one attached hydrogen (secondary N) is 1. The lowest BCUT2D eigenvalue weighted by Crippen LogP contribution is -2.49. The highest BCUT2D eigenvalue weighted by atomic mass is 19.4. The first-order chi connectivity index (χ1) is 18.6. The molecule has 1 N–H and O–H groups in total. The molecule has 1 saturated heterocycles. The number of ether oxygens (including phenoxy) is 2. The van der Waals surface area contributed by atoms with Gasteiger partial charge in [-0.15, -0.1) is 0 Å². The predicted octanol–water partition coefficient (Wildman–Crippen LogP) is 5.48. The second kappa shape index (κ2) is 12.4. The quantitative estimate of drug-likeness (QED) is 0.339. The van der Waals surface area contributed by atoms with Crippen molar-refractivity contribution in [2.45, 2.75) is 57.3 Å². The molecule has 10 nitrogen and oxygen atoms in total. The van der Waals surface area contributed by atoms with Crippen molar-refractivity contribution in [3.63, 3.8) is 0 Å². The summed E-state index contributed by atoms with van der Waals surface area (Å²) in [5.41, 5.74) is -1.12. The van der Waals surface area contributed by atoms with Gasteiger partial charge >= 0.3 is 12.3 Å². The Morgan fingerprint density at radius 3 is 2.49 bits per heavy atom. The maximum atomic E-state index is 13.3. The average Bonchev–Trinajstić information content (AvgIpc) is 2.92. The van der Waals surface area contributed by atoms with E-state index in [9.17, 15) is 28.1 Å². The van der Waals surface area contributed by atoms with E-state index in [1.165, 1.54) is 6.07 Å². The second-order valence-electron chi connectivity index (χ2n) is 9.69. The number of carbonyl (C=O) groups is 1. The van der Waals surface area contributed by atoms with Crippen molar-refractivity contribution in [3.8, 4) is 5.75 Å². The number of piperazine rings is 1. The van der Waals surface area contributed by atoms with Crippen LogP contribution in [0.1, 0.15) is 44.6 Å². The van der Waals surface area contributed by atoms with Crippen LogP contribution in [-0.4, -0.2) is 65.8 Å². The molecule has 2 heterocycles. The molecule has 0 spiro atoms.